The number of para-hydroxylation sites is 2. The van der Waals surface area contributed by atoms with Crippen molar-refractivity contribution in [2.24, 2.45) is 0 Å². The first kappa shape index (κ1) is 14.2. The van der Waals surface area contributed by atoms with Crippen LogP contribution in [0.5, 0.6) is 0 Å². The van der Waals surface area contributed by atoms with Gasteiger partial charge in [0, 0.05) is 0 Å². The molecule has 3 N–H and O–H groups in total. The van der Waals surface area contributed by atoms with E-state index in [1.807, 2.05) is 54.6 Å². The summed E-state index contributed by atoms with van der Waals surface area (Å²) in [5.41, 5.74) is 4.03. The minimum Gasteiger partial charge on any atom is -0.337 e. The number of anilines is 1. The molecule has 118 valence electrons. The van der Waals surface area contributed by atoms with Crippen LogP contribution in [0.15, 0.2) is 60.8 Å². The molecule has 4 rings (SSSR count). The summed E-state index contributed by atoms with van der Waals surface area (Å²) in [6.45, 7) is 0. The second-order valence-electron chi connectivity index (χ2n) is 5.47. The quantitative estimate of drug-likeness (QED) is 0.540. The molecule has 2 aromatic carbocycles. The van der Waals surface area contributed by atoms with Crippen molar-refractivity contribution in [1.82, 2.24) is 20.2 Å². The van der Waals surface area contributed by atoms with E-state index in [4.69, 9.17) is 0 Å². The van der Waals surface area contributed by atoms with Crippen LogP contribution >= 0.6 is 0 Å². The van der Waals surface area contributed by atoms with Gasteiger partial charge in [0.1, 0.15) is 5.69 Å². The summed E-state index contributed by atoms with van der Waals surface area (Å²) in [6.07, 6.45) is 1.90. The fourth-order valence-corrected chi connectivity index (χ4v) is 2.61. The number of aromatic nitrogens is 4. The van der Waals surface area contributed by atoms with Gasteiger partial charge in [0.05, 0.1) is 29.3 Å². The number of aromatic amines is 2. The maximum Gasteiger partial charge on any atom is 0.228 e. The zero-order valence-electron chi connectivity index (χ0n) is 12.8. The van der Waals surface area contributed by atoms with Crippen LogP contribution in [-0.4, -0.2) is 26.1 Å². The summed E-state index contributed by atoms with van der Waals surface area (Å²) in [5, 5.41) is 9.81. The number of nitrogens with one attached hydrogen (secondary N) is 3. The van der Waals surface area contributed by atoms with Gasteiger partial charge in [-0.25, -0.2) is 4.98 Å². The van der Waals surface area contributed by atoms with E-state index in [2.05, 4.69) is 25.5 Å². The fourth-order valence-electron chi connectivity index (χ4n) is 2.61. The third-order valence-electron chi connectivity index (χ3n) is 3.75. The number of H-pyrrole nitrogens is 2. The molecule has 0 saturated carbocycles. The average molecular weight is 317 g/mol. The Morgan fingerprint density at radius 1 is 1.04 bits per heavy atom. The van der Waals surface area contributed by atoms with Gasteiger partial charge in [-0.1, -0.05) is 42.5 Å². The molecule has 2 heterocycles. The van der Waals surface area contributed by atoms with Crippen LogP contribution < -0.4 is 5.32 Å². The van der Waals surface area contributed by atoms with Crippen LogP contribution in [-0.2, 0) is 11.2 Å². The molecule has 4 aromatic rings. The number of hydrogen-bond acceptors (Lipinski definition) is 3. The highest BCUT2D eigenvalue weighted by Crippen LogP contribution is 2.25. The summed E-state index contributed by atoms with van der Waals surface area (Å²) in [4.78, 5) is 20.0. The number of nitrogens with zero attached hydrogens (tertiary/aromatic N) is 2. The summed E-state index contributed by atoms with van der Waals surface area (Å²) in [5.74, 6) is 0.545. The third-order valence-corrected chi connectivity index (χ3v) is 3.75. The third kappa shape index (κ3) is 2.77. The molecule has 0 radical (unpaired) electrons. The van der Waals surface area contributed by atoms with Crippen LogP contribution in [0.2, 0.25) is 0 Å². The van der Waals surface area contributed by atoms with Gasteiger partial charge in [-0.05, 0) is 17.7 Å². The normalized spacial score (nSPS) is 10.8. The van der Waals surface area contributed by atoms with Crippen LogP contribution in [0, 0.1) is 0 Å². The van der Waals surface area contributed by atoms with Crippen molar-refractivity contribution in [3.8, 4) is 11.5 Å². The summed E-state index contributed by atoms with van der Waals surface area (Å²) < 4.78 is 0. The van der Waals surface area contributed by atoms with Gasteiger partial charge >= 0.3 is 0 Å². The second kappa shape index (κ2) is 6.00. The molecule has 2 aromatic heterocycles. The van der Waals surface area contributed by atoms with Crippen molar-refractivity contribution in [3.05, 3.63) is 66.4 Å². The summed E-state index contributed by atoms with van der Waals surface area (Å²) >= 11 is 0. The average Bonchev–Trinajstić information content (AvgIpc) is 3.21. The Kier molecular flexibility index (Phi) is 3.55. The minimum absolute atomic E-state index is 0.0973. The Bertz CT molecular complexity index is 954. The summed E-state index contributed by atoms with van der Waals surface area (Å²) in [6, 6.07) is 17.4. The van der Waals surface area contributed by atoms with Crippen molar-refractivity contribution in [1.29, 1.82) is 0 Å². The molecule has 0 aliphatic rings. The van der Waals surface area contributed by atoms with E-state index in [0.717, 1.165) is 16.6 Å². The number of hydrogen-bond donors (Lipinski definition) is 3. The number of carbonyl (C=O) groups excluding carboxylic acids is 1. The molecule has 0 atom stereocenters. The zero-order valence-corrected chi connectivity index (χ0v) is 12.8. The van der Waals surface area contributed by atoms with Crippen LogP contribution in [0.4, 0.5) is 5.69 Å². The van der Waals surface area contributed by atoms with E-state index >= 15 is 0 Å². The number of carbonyl (C=O) groups is 1. The standard InChI is InChI=1S/C18H15N5O/c24-16(10-12-6-2-1-3-7-12)20-15-11-19-23-17(15)18-21-13-8-4-5-9-14(13)22-18/h1-9,11H,10H2,(H,19,23)(H,20,24)(H,21,22). The zero-order chi connectivity index (χ0) is 16.4. The number of amides is 1. The van der Waals surface area contributed by atoms with Gasteiger partial charge in [-0.15, -0.1) is 0 Å². The smallest absolute Gasteiger partial charge is 0.228 e. The van der Waals surface area contributed by atoms with E-state index in [0.29, 0.717) is 23.6 Å². The molecule has 0 bridgehead atoms. The van der Waals surface area contributed by atoms with Crippen molar-refractivity contribution < 1.29 is 4.79 Å². The van der Waals surface area contributed by atoms with E-state index in [1.165, 1.54) is 0 Å². The SMILES string of the molecule is O=C(Cc1ccccc1)Nc1cn[nH]c1-c1nc2ccccc2[nH]1. The molecule has 0 unspecified atom stereocenters. The van der Waals surface area contributed by atoms with E-state index in [-0.39, 0.29) is 5.91 Å². The highest BCUT2D eigenvalue weighted by molar-refractivity contribution is 5.95. The van der Waals surface area contributed by atoms with Gasteiger partial charge in [0.25, 0.3) is 0 Å². The first-order valence-electron chi connectivity index (χ1n) is 7.62. The van der Waals surface area contributed by atoms with E-state index in [1.54, 1.807) is 6.20 Å². The maximum atomic E-state index is 12.3. The van der Waals surface area contributed by atoms with Gasteiger partial charge in [-0.3, -0.25) is 9.89 Å². The summed E-state index contributed by atoms with van der Waals surface area (Å²) in [7, 11) is 0. The molecular weight excluding hydrogens is 302 g/mol. The lowest BCUT2D eigenvalue weighted by atomic mass is 10.1. The Morgan fingerprint density at radius 3 is 2.67 bits per heavy atom. The van der Waals surface area contributed by atoms with E-state index < -0.39 is 0 Å². The number of rotatable bonds is 4. The predicted molar refractivity (Wildman–Crippen MR) is 92.5 cm³/mol. The molecule has 24 heavy (non-hydrogen) atoms. The van der Waals surface area contributed by atoms with Crippen molar-refractivity contribution in [2.75, 3.05) is 5.32 Å². The second-order valence-corrected chi connectivity index (χ2v) is 5.47. The Labute approximate surface area is 137 Å². The van der Waals surface area contributed by atoms with Gasteiger partial charge in [-0.2, -0.15) is 5.10 Å². The Balaban J connectivity index is 1.57. The lowest BCUT2D eigenvalue weighted by Gasteiger charge is -2.04. The van der Waals surface area contributed by atoms with Crippen LogP contribution in [0.1, 0.15) is 5.56 Å². The lowest BCUT2D eigenvalue weighted by molar-refractivity contribution is -0.115. The van der Waals surface area contributed by atoms with E-state index in [9.17, 15) is 4.79 Å². The number of fused-ring (bicyclic) bond motifs is 1. The predicted octanol–water partition coefficient (Wildman–Crippen LogP) is 3.13. The molecule has 1 amide bonds. The molecule has 0 aliphatic heterocycles. The topological polar surface area (TPSA) is 86.5 Å². The molecule has 0 aliphatic carbocycles. The Hall–Kier alpha value is -3.41. The van der Waals surface area contributed by atoms with Crippen molar-refractivity contribution in [3.63, 3.8) is 0 Å². The minimum atomic E-state index is -0.0973. The Morgan fingerprint density at radius 2 is 1.83 bits per heavy atom. The number of imidazole rings is 1. The molecule has 6 nitrogen and oxygen atoms in total. The van der Waals surface area contributed by atoms with Crippen LogP contribution in [0.25, 0.3) is 22.6 Å². The number of benzene rings is 2. The van der Waals surface area contributed by atoms with Gasteiger partial charge in [0.15, 0.2) is 5.82 Å². The highest BCUT2D eigenvalue weighted by Gasteiger charge is 2.14. The first-order chi connectivity index (χ1) is 11.8. The first-order valence-corrected chi connectivity index (χ1v) is 7.62. The molecule has 0 fully saturated rings. The fraction of sp³-hybridized carbons (Fsp3) is 0.0556. The van der Waals surface area contributed by atoms with Crippen LogP contribution in [0.3, 0.4) is 0 Å². The van der Waals surface area contributed by atoms with Gasteiger partial charge in [0.2, 0.25) is 5.91 Å². The molecular formula is C18H15N5O. The largest absolute Gasteiger partial charge is 0.337 e. The molecule has 0 spiro atoms. The molecule has 6 heteroatoms. The highest BCUT2D eigenvalue weighted by atomic mass is 16.1. The monoisotopic (exact) mass is 317 g/mol. The molecule has 0 saturated heterocycles. The van der Waals surface area contributed by atoms with Crippen molar-refractivity contribution in [2.45, 2.75) is 6.42 Å². The lowest BCUT2D eigenvalue weighted by Crippen LogP contribution is -2.14. The maximum absolute atomic E-state index is 12.3. The van der Waals surface area contributed by atoms with Crippen molar-refractivity contribution >= 4 is 22.6 Å². The van der Waals surface area contributed by atoms with Gasteiger partial charge < -0.3 is 10.3 Å².